The third kappa shape index (κ3) is 6.37. The Labute approximate surface area is 138 Å². The Hall–Kier alpha value is -1.05. The molecule has 1 saturated heterocycles. The van der Waals surface area contributed by atoms with E-state index in [9.17, 15) is 13.6 Å². The van der Waals surface area contributed by atoms with Gasteiger partial charge in [0.15, 0.2) is 11.6 Å². The van der Waals surface area contributed by atoms with E-state index in [1.165, 1.54) is 6.07 Å². The van der Waals surface area contributed by atoms with Gasteiger partial charge >= 0.3 is 0 Å². The fraction of sp³-hybridized carbons (Fsp3) is 0.500. The van der Waals surface area contributed by atoms with Gasteiger partial charge in [-0.15, -0.1) is 12.4 Å². The number of hydrogen-bond donors (Lipinski definition) is 2. The normalized spacial score (nSPS) is 17.5. The zero-order valence-corrected chi connectivity index (χ0v) is 13.6. The van der Waals surface area contributed by atoms with Crippen molar-refractivity contribution in [2.24, 2.45) is 0 Å². The summed E-state index contributed by atoms with van der Waals surface area (Å²) in [5.41, 5.74) is 0. The molecule has 124 valence electrons. The molecule has 0 aliphatic carbocycles. The minimum absolute atomic E-state index is 0. The lowest BCUT2D eigenvalue weighted by molar-refractivity contribution is -0.121. The lowest BCUT2D eigenvalue weighted by Gasteiger charge is -2.22. The average Bonchev–Trinajstić information content (AvgIpc) is 2.48. The molecule has 1 aliphatic heterocycles. The van der Waals surface area contributed by atoms with Crippen molar-refractivity contribution in [3.8, 4) is 5.75 Å². The number of amides is 1. The van der Waals surface area contributed by atoms with Gasteiger partial charge in [0, 0.05) is 36.6 Å². The lowest BCUT2D eigenvalue weighted by Crippen LogP contribution is -2.41. The quantitative estimate of drug-likeness (QED) is 0.769. The van der Waals surface area contributed by atoms with Gasteiger partial charge in [-0.3, -0.25) is 4.79 Å². The van der Waals surface area contributed by atoms with Crippen molar-refractivity contribution in [3.05, 3.63) is 29.8 Å². The second kappa shape index (κ2) is 9.86. The molecule has 2 rings (SSSR count). The van der Waals surface area contributed by atoms with E-state index >= 15 is 0 Å². The van der Waals surface area contributed by atoms with Crippen LogP contribution >= 0.6 is 24.2 Å². The zero-order valence-electron chi connectivity index (χ0n) is 11.9. The standard InChI is InChI=1S/C14H18F2N2O2S.ClH/c15-12-2-1-11(8-13(12)16)20-5-3-18-14(19)7-10-9-21-6-4-17-10;/h1-2,8,10,17H,3-7,9H2,(H,18,19);1H. The molecule has 0 saturated carbocycles. The summed E-state index contributed by atoms with van der Waals surface area (Å²) in [5.74, 6) is 0.377. The zero-order chi connectivity index (χ0) is 15.1. The summed E-state index contributed by atoms with van der Waals surface area (Å²) < 4.78 is 30.9. The molecule has 1 heterocycles. The van der Waals surface area contributed by atoms with Crippen molar-refractivity contribution in [2.75, 3.05) is 31.2 Å². The van der Waals surface area contributed by atoms with Crippen molar-refractivity contribution in [1.82, 2.24) is 10.6 Å². The third-order valence-electron chi connectivity index (χ3n) is 3.01. The van der Waals surface area contributed by atoms with Gasteiger partial charge in [0.25, 0.3) is 0 Å². The van der Waals surface area contributed by atoms with E-state index in [-0.39, 0.29) is 36.7 Å². The van der Waals surface area contributed by atoms with Crippen LogP contribution in [0.3, 0.4) is 0 Å². The van der Waals surface area contributed by atoms with E-state index in [1.54, 1.807) is 0 Å². The van der Waals surface area contributed by atoms with Crippen LogP contribution in [0.5, 0.6) is 5.75 Å². The van der Waals surface area contributed by atoms with E-state index in [0.29, 0.717) is 13.0 Å². The Morgan fingerprint density at radius 1 is 1.41 bits per heavy atom. The number of halogens is 3. The van der Waals surface area contributed by atoms with Crippen molar-refractivity contribution < 1.29 is 18.3 Å². The number of nitrogens with one attached hydrogen (secondary N) is 2. The number of carbonyl (C=O) groups excluding carboxylic acids is 1. The summed E-state index contributed by atoms with van der Waals surface area (Å²) in [6.07, 6.45) is 0.443. The van der Waals surface area contributed by atoms with Crippen molar-refractivity contribution >= 4 is 30.1 Å². The maximum Gasteiger partial charge on any atom is 0.221 e. The fourth-order valence-corrected chi connectivity index (χ4v) is 2.92. The van der Waals surface area contributed by atoms with E-state index in [4.69, 9.17) is 4.74 Å². The van der Waals surface area contributed by atoms with Crippen LogP contribution in [0.1, 0.15) is 6.42 Å². The molecule has 0 radical (unpaired) electrons. The Bertz CT molecular complexity index is 488. The molecule has 8 heteroatoms. The van der Waals surface area contributed by atoms with E-state index in [0.717, 1.165) is 30.2 Å². The number of thioether (sulfide) groups is 1. The summed E-state index contributed by atoms with van der Waals surface area (Å²) in [4.78, 5) is 11.7. The summed E-state index contributed by atoms with van der Waals surface area (Å²) in [6, 6.07) is 3.57. The van der Waals surface area contributed by atoms with Gasteiger partial charge in [-0.2, -0.15) is 11.8 Å². The second-order valence-electron chi connectivity index (χ2n) is 4.70. The molecule has 0 aromatic heterocycles. The lowest BCUT2D eigenvalue weighted by atomic mass is 10.2. The predicted octanol–water partition coefficient (Wildman–Crippen LogP) is 1.98. The van der Waals surface area contributed by atoms with Gasteiger partial charge in [0.1, 0.15) is 12.4 Å². The monoisotopic (exact) mass is 352 g/mol. The van der Waals surface area contributed by atoms with Gasteiger partial charge in [-0.25, -0.2) is 8.78 Å². The summed E-state index contributed by atoms with van der Waals surface area (Å²) in [6.45, 7) is 1.48. The highest BCUT2D eigenvalue weighted by atomic mass is 35.5. The minimum Gasteiger partial charge on any atom is -0.492 e. The molecule has 1 fully saturated rings. The van der Waals surface area contributed by atoms with Crippen molar-refractivity contribution in [2.45, 2.75) is 12.5 Å². The molecule has 1 amide bonds. The number of benzene rings is 1. The van der Waals surface area contributed by atoms with E-state index < -0.39 is 11.6 Å². The Kier molecular flexibility index (Phi) is 8.52. The van der Waals surface area contributed by atoms with Crippen molar-refractivity contribution in [1.29, 1.82) is 0 Å². The van der Waals surface area contributed by atoms with Gasteiger partial charge in [-0.05, 0) is 12.1 Å². The Balaban J connectivity index is 0.00000242. The second-order valence-corrected chi connectivity index (χ2v) is 5.85. The highest BCUT2D eigenvalue weighted by Gasteiger charge is 2.16. The molecule has 1 atom stereocenters. The summed E-state index contributed by atoms with van der Waals surface area (Å²) in [5, 5.41) is 6.03. The third-order valence-corrected chi connectivity index (χ3v) is 4.15. The van der Waals surface area contributed by atoms with Gasteiger partial charge < -0.3 is 15.4 Å². The van der Waals surface area contributed by atoms with Crippen LogP contribution in [0.2, 0.25) is 0 Å². The average molecular weight is 353 g/mol. The van der Waals surface area contributed by atoms with Crippen LogP contribution < -0.4 is 15.4 Å². The Morgan fingerprint density at radius 3 is 2.91 bits per heavy atom. The Morgan fingerprint density at radius 2 is 2.23 bits per heavy atom. The molecule has 0 bridgehead atoms. The van der Waals surface area contributed by atoms with Crippen LogP contribution in [-0.2, 0) is 4.79 Å². The predicted molar refractivity (Wildman–Crippen MR) is 85.8 cm³/mol. The van der Waals surface area contributed by atoms with Crippen LogP contribution in [-0.4, -0.2) is 43.2 Å². The van der Waals surface area contributed by atoms with Gasteiger partial charge in [-0.1, -0.05) is 0 Å². The van der Waals surface area contributed by atoms with Crippen molar-refractivity contribution in [3.63, 3.8) is 0 Å². The molecule has 1 unspecified atom stereocenters. The summed E-state index contributed by atoms with van der Waals surface area (Å²) in [7, 11) is 0. The van der Waals surface area contributed by atoms with Crippen LogP contribution in [0.15, 0.2) is 18.2 Å². The number of hydrogen-bond acceptors (Lipinski definition) is 4. The first-order chi connectivity index (χ1) is 10.1. The largest absolute Gasteiger partial charge is 0.492 e. The maximum atomic E-state index is 12.9. The fourth-order valence-electron chi connectivity index (χ4n) is 1.97. The van der Waals surface area contributed by atoms with E-state index in [2.05, 4.69) is 10.6 Å². The van der Waals surface area contributed by atoms with E-state index in [1.807, 2.05) is 11.8 Å². The van der Waals surface area contributed by atoms with Gasteiger partial charge in [0.05, 0.1) is 6.54 Å². The van der Waals surface area contributed by atoms with Crippen LogP contribution in [0.25, 0.3) is 0 Å². The van der Waals surface area contributed by atoms with Crippen LogP contribution in [0, 0.1) is 11.6 Å². The minimum atomic E-state index is -0.947. The number of carbonyl (C=O) groups is 1. The molecule has 2 N–H and O–H groups in total. The number of ether oxygens (including phenoxy) is 1. The molecule has 1 aliphatic rings. The molecule has 4 nitrogen and oxygen atoms in total. The topological polar surface area (TPSA) is 50.4 Å². The first-order valence-corrected chi connectivity index (χ1v) is 7.96. The first kappa shape index (κ1) is 19.0. The molecule has 22 heavy (non-hydrogen) atoms. The smallest absolute Gasteiger partial charge is 0.221 e. The molecule has 1 aromatic rings. The SMILES string of the molecule is Cl.O=C(CC1CSCCN1)NCCOc1ccc(F)c(F)c1. The first-order valence-electron chi connectivity index (χ1n) is 6.81. The highest BCUT2D eigenvalue weighted by Crippen LogP contribution is 2.15. The molecule has 1 aromatic carbocycles. The maximum absolute atomic E-state index is 12.9. The summed E-state index contributed by atoms with van der Waals surface area (Å²) >= 11 is 1.84. The highest BCUT2D eigenvalue weighted by molar-refractivity contribution is 7.99. The number of rotatable bonds is 6. The van der Waals surface area contributed by atoms with Crippen LogP contribution in [0.4, 0.5) is 8.78 Å². The molecule has 0 spiro atoms. The molecular formula is C14H19ClF2N2O2S. The van der Waals surface area contributed by atoms with Gasteiger partial charge in [0.2, 0.25) is 5.91 Å². The molecular weight excluding hydrogens is 334 g/mol.